The highest BCUT2D eigenvalue weighted by atomic mass is 79.9. The van der Waals surface area contributed by atoms with Crippen LogP contribution in [0.5, 0.6) is 0 Å². The summed E-state index contributed by atoms with van der Waals surface area (Å²) in [6.45, 7) is 2.86. The number of nitrogen functional groups attached to an aromatic ring is 1. The van der Waals surface area contributed by atoms with Crippen LogP contribution in [0, 0.1) is 51.7 Å². The summed E-state index contributed by atoms with van der Waals surface area (Å²) in [4.78, 5) is 34.4. The predicted molar refractivity (Wildman–Crippen MR) is 453 cm³/mol. The fourth-order valence-corrected chi connectivity index (χ4v) is 11.9. The van der Waals surface area contributed by atoms with Crippen molar-refractivity contribution in [1.82, 2.24) is 0 Å². The lowest BCUT2D eigenvalue weighted by Crippen LogP contribution is -2.17. The van der Waals surface area contributed by atoms with E-state index in [9.17, 15) is 31.5 Å². The standard InChI is InChI=1S/C23H21FN2O2.C22H17FN2O2.C20H15FN2O.C13H8FN.C10H13NO2.C7H3BrFN/c24-21-11-10-17(16-6-2-1-3-7-16)15-20(21)22(25)26-19-9-4-8-18(14-19)23-27-12-5-13-28-23;23-20-11-10-17(16-6-2-1-3-7-16)14-19(20)22(24)25-18-8-4-5-15(13-18)9-12-21(26)27;21-19-10-9-16(15-6-2-1-3-7-15)12-18(19)20(22)23-17-8-4-5-14(11-17)13-24;14-13-7-6-11(8-12(13)9-15)10-4-2-1-3-5-10;11-9-4-1-3-8(7-9)10-12-5-2-6-13-10;8-6-1-2-7(9)5(3-6)4-10/h1-4,6-11,14-15,23H,5,12-13H2,(H2,25,26);1-14H,(H2,24,25)(H,26,27);1-13H,(H2,22,23);1-8H;1,3-4,7,10H,2,5-6,11H2;1-3H/b;12-9+;;;;. The van der Waals surface area contributed by atoms with E-state index < -0.39 is 41.3 Å². The molecular weight excluding hydrogens is 1550 g/mol. The first-order valence-corrected chi connectivity index (χ1v) is 37.3. The average molecular weight is 1630 g/mol. The molecule has 0 saturated carbocycles. The number of nitrogens with two attached hydrogens (primary N) is 4. The number of carboxylic acids is 1. The Morgan fingerprint density at radius 1 is 0.393 bits per heavy atom. The highest BCUT2D eigenvalue weighted by Crippen LogP contribution is 2.31. The lowest BCUT2D eigenvalue weighted by molar-refractivity contribution is -0.183. The number of carbonyl (C=O) groups is 2. The van der Waals surface area contributed by atoms with Gasteiger partial charge >= 0.3 is 5.97 Å². The Morgan fingerprint density at radius 3 is 1.12 bits per heavy atom. The molecule has 0 unspecified atom stereocenters. The van der Waals surface area contributed by atoms with Crippen LogP contribution in [-0.4, -0.2) is 61.3 Å². The second kappa shape index (κ2) is 43.8. The number of ether oxygens (including phenoxy) is 4. The lowest BCUT2D eigenvalue weighted by Gasteiger charge is -2.23. The maximum atomic E-state index is 14.4. The number of aldehydes is 1. The molecule has 2 heterocycles. The molecule has 13 aromatic carbocycles. The van der Waals surface area contributed by atoms with Gasteiger partial charge in [0.05, 0.1) is 71.3 Å². The van der Waals surface area contributed by atoms with Gasteiger partial charge in [0.2, 0.25) is 0 Å². The fraction of sp³-hybridized carbons (Fsp3) is 0.0842. The van der Waals surface area contributed by atoms with Gasteiger partial charge in [0.15, 0.2) is 12.6 Å². The molecule has 0 radical (unpaired) electrons. The fourth-order valence-electron chi connectivity index (χ4n) is 11.5. The second-order valence-electron chi connectivity index (χ2n) is 25.7. The van der Waals surface area contributed by atoms with E-state index in [2.05, 4.69) is 30.9 Å². The number of carbonyl (C=O) groups excluding carboxylic acids is 1. The Morgan fingerprint density at radius 2 is 0.735 bits per heavy atom. The molecule has 16 nitrogen and oxygen atoms in total. The van der Waals surface area contributed by atoms with Crippen molar-refractivity contribution in [3.8, 4) is 56.6 Å². The van der Waals surface area contributed by atoms with Gasteiger partial charge in [0, 0.05) is 32.9 Å². The summed E-state index contributed by atoms with van der Waals surface area (Å²) in [5.41, 5.74) is 37.4. The molecule has 13 aromatic rings. The van der Waals surface area contributed by atoms with Crippen molar-refractivity contribution in [3.63, 3.8) is 0 Å². The van der Waals surface area contributed by atoms with Gasteiger partial charge in [0.25, 0.3) is 0 Å². The molecular formula is C95H77BrF5N9O7. The third-order valence-corrected chi connectivity index (χ3v) is 17.8. The topological polar surface area (TPSA) is 280 Å². The van der Waals surface area contributed by atoms with Gasteiger partial charge in [0.1, 0.15) is 65.0 Å². The quantitative estimate of drug-likeness (QED) is 0.0160. The molecule has 2 aliphatic rings. The summed E-state index contributed by atoms with van der Waals surface area (Å²) in [5.74, 6) is -3.07. The van der Waals surface area contributed by atoms with Gasteiger partial charge in [-0.15, -0.1) is 0 Å². The molecule has 15 rings (SSSR count). The van der Waals surface area contributed by atoms with Gasteiger partial charge in [-0.25, -0.2) is 41.7 Å². The van der Waals surface area contributed by atoms with Crippen molar-refractivity contribution in [2.75, 3.05) is 32.2 Å². The molecule has 117 heavy (non-hydrogen) atoms. The molecule has 0 spiro atoms. The minimum absolute atomic E-state index is 0.0460. The maximum Gasteiger partial charge on any atom is 0.328 e. The van der Waals surface area contributed by atoms with Crippen LogP contribution in [0.4, 0.5) is 44.7 Å². The Bertz CT molecular complexity index is 5740. The maximum absolute atomic E-state index is 14.4. The van der Waals surface area contributed by atoms with Crippen LogP contribution in [0.25, 0.3) is 50.6 Å². The number of halogens is 6. The largest absolute Gasteiger partial charge is 0.478 e. The lowest BCUT2D eigenvalue weighted by atomic mass is 10.0. The molecule has 9 N–H and O–H groups in total. The van der Waals surface area contributed by atoms with E-state index in [-0.39, 0.29) is 51.6 Å². The van der Waals surface area contributed by atoms with E-state index in [1.807, 2.05) is 176 Å². The minimum Gasteiger partial charge on any atom is -0.478 e. The number of rotatable bonds is 15. The molecule has 0 aliphatic carbocycles. The monoisotopic (exact) mass is 1630 g/mol. The Labute approximate surface area is 682 Å². The van der Waals surface area contributed by atoms with Crippen LogP contribution in [-0.2, 0) is 23.7 Å². The number of anilines is 1. The number of amidine groups is 3. The Hall–Kier alpha value is -14.1. The van der Waals surface area contributed by atoms with Gasteiger partial charge in [-0.2, -0.15) is 10.5 Å². The number of hydrogen-bond donors (Lipinski definition) is 5. The average Bonchev–Trinajstić information content (AvgIpc) is 0.830. The summed E-state index contributed by atoms with van der Waals surface area (Å²) in [6, 6.07) is 93.9. The van der Waals surface area contributed by atoms with E-state index in [4.69, 9.17) is 57.5 Å². The van der Waals surface area contributed by atoms with Crippen LogP contribution in [0.3, 0.4) is 0 Å². The van der Waals surface area contributed by atoms with Crippen LogP contribution in [0.1, 0.15) is 80.3 Å². The Kier molecular flexibility index (Phi) is 31.9. The molecule has 586 valence electrons. The number of benzene rings is 13. The molecule has 22 heteroatoms. The zero-order valence-corrected chi connectivity index (χ0v) is 64.4. The number of aliphatic carboxylic acids is 1. The highest BCUT2D eigenvalue weighted by molar-refractivity contribution is 9.10. The summed E-state index contributed by atoms with van der Waals surface area (Å²) in [6.07, 6.45) is 4.45. The predicted octanol–water partition coefficient (Wildman–Crippen LogP) is 21.5. The van der Waals surface area contributed by atoms with Crippen molar-refractivity contribution >= 4 is 74.5 Å². The molecule has 0 amide bonds. The molecule has 2 fully saturated rings. The van der Waals surface area contributed by atoms with E-state index in [1.165, 1.54) is 42.5 Å². The summed E-state index contributed by atoms with van der Waals surface area (Å²) < 4.78 is 91.3. The van der Waals surface area contributed by atoms with Gasteiger partial charge < -0.3 is 47.0 Å². The number of nitrogens with zero attached hydrogens (tertiary/aromatic N) is 5. The number of carboxylic acid groups (broad SMARTS) is 1. The highest BCUT2D eigenvalue weighted by Gasteiger charge is 2.20. The normalized spacial score (nSPS) is 12.8. The molecule has 0 aromatic heterocycles. The van der Waals surface area contributed by atoms with E-state index in [0.717, 1.165) is 99.7 Å². The van der Waals surface area contributed by atoms with Crippen LogP contribution in [0.15, 0.2) is 335 Å². The number of aliphatic imine (C=N–C) groups is 3. The number of hydrogen-bond acceptors (Lipinski definition) is 12. The first kappa shape index (κ1) is 85.3. The SMILES string of the molecule is N#Cc1cc(-c2ccccc2)ccc1F.N#Cc1cc(Br)ccc1F.NC(=Nc1cccc(/C=C/C(=O)O)c1)c1cc(-c2ccccc2)ccc1F.NC(=Nc1cccc(C2OCCCO2)c1)c1cc(-c2ccccc2)ccc1F.NC(=Nc1cccc(C=O)c1)c1cc(-c2ccccc2)ccc1F.Nc1cccc(C2OCCCO2)c1. The summed E-state index contributed by atoms with van der Waals surface area (Å²) in [7, 11) is 0. The minimum atomic E-state index is -1.04. The molecule has 2 aliphatic heterocycles. The van der Waals surface area contributed by atoms with Crippen LogP contribution in [0.2, 0.25) is 0 Å². The third-order valence-electron chi connectivity index (χ3n) is 17.3. The van der Waals surface area contributed by atoms with Gasteiger partial charge in [-0.3, -0.25) is 4.79 Å². The third kappa shape index (κ3) is 26.0. The van der Waals surface area contributed by atoms with Crippen molar-refractivity contribution in [3.05, 3.63) is 399 Å². The second-order valence-corrected chi connectivity index (χ2v) is 26.6. The van der Waals surface area contributed by atoms with Crippen molar-refractivity contribution in [2.45, 2.75) is 25.4 Å². The van der Waals surface area contributed by atoms with E-state index in [0.29, 0.717) is 45.9 Å². The van der Waals surface area contributed by atoms with Crippen molar-refractivity contribution < 1.29 is 55.6 Å². The van der Waals surface area contributed by atoms with E-state index >= 15 is 0 Å². The molecule has 0 atom stereocenters. The summed E-state index contributed by atoms with van der Waals surface area (Å²) in [5, 5.41) is 25.7. The van der Waals surface area contributed by atoms with Crippen molar-refractivity contribution in [1.29, 1.82) is 10.5 Å². The van der Waals surface area contributed by atoms with E-state index in [1.54, 1.807) is 109 Å². The van der Waals surface area contributed by atoms with Crippen LogP contribution < -0.4 is 22.9 Å². The Balaban J connectivity index is 0.000000153. The summed E-state index contributed by atoms with van der Waals surface area (Å²) >= 11 is 3.12. The number of nitriles is 2. The van der Waals surface area contributed by atoms with Gasteiger partial charge in [-0.05, 0) is 184 Å². The first-order chi connectivity index (χ1) is 56.8. The first-order valence-electron chi connectivity index (χ1n) is 36.5. The zero-order valence-electron chi connectivity index (χ0n) is 62.8. The van der Waals surface area contributed by atoms with Crippen LogP contribution >= 0.6 is 15.9 Å². The smallest absolute Gasteiger partial charge is 0.328 e. The zero-order chi connectivity index (χ0) is 82.8. The van der Waals surface area contributed by atoms with Crippen molar-refractivity contribution in [2.24, 2.45) is 32.2 Å². The molecule has 2 saturated heterocycles. The van der Waals surface area contributed by atoms with Gasteiger partial charge in [-0.1, -0.05) is 210 Å². The molecule has 0 bridgehead atoms.